The van der Waals surface area contributed by atoms with E-state index in [0.717, 1.165) is 5.56 Å². The fourth-order valence-corrected chi connectivity index (χ4v) is 2.68. The Morgan fingerprint density at radius 2 is 1.72 bits per heavy atom. The van der Waals surface area contributed by atoms with E-state index in [1.807, 2.05) is 37.7 Å². The van der Waals surface area contributed by atoms with E-state index in [1.165, 1.54) is 4.90 Å². The highest BCUT2D eigenvalue weighted by molar-refractivity contribution is 7.99. The highest BCUT2D eigenvalue weighted by Gasteiger charge is 2.21. The number of benzene rings is 1. The van der Waals surface area contributed by atoms with Crippen LogP contribution in [-0.2, 0) is 11.2 Å². The molecule has 1 rings (SSSR count). The van der Waals surface area contributed by atoms with Gasteiger partial charge < -0.3 is 5.11 Å². The van der Waals surface area contributed by atoms with Gasteiger partial charge in [0.2, 0.25) is 0 Å². The molecule has 1 aromatic carbocycles. The van der Waals surface area contributed by atoms with Gasteiger partial charge in [-0.05, 0) is 30.0 Å². The number of carboxylic acid groups (broad SMARTS) is 1. The second-order valence-corrected chi connectivity index (χ2v) is 6.85. The maximum Gasteiger partial charge on any atom is 0.307 e. The zero-order valence-electron chi connectivity index (χ0n) is 11.5. The number of hydrogen-bond acceptors (Lipinski definition) is 2. The average molecular weight is 266 g/mol. The van der Waals surface area contributed by atoms with Gasteiger partial charge in [-0.2, -0.15) is 0 Å². The van der Waals surface area contributed by atoms with E-state index in [4.69, 9.17) is 0 Å². The summed E-state index contributed by atoms with van der Waals surface area (Å²) in [6.45, 7) is 8.25. The lowest BCUT2D eigenvalue weighted by atomic mass is 9.89. The maximum absolute atomic E-state index is 11.2. The van der Waals surface area contributed by atoms with Crippen molar-refractivity contribution in [2.75, 3.05) is 0 Å². The number of rotatable bonds is 6. The van der Waals surface area contributed by atoms with Crippen LogP contribution >= 0.6 is 11.8 Å². The largest absolute Gasteiger partial charge is 0.481 e. The molecular formula is C15H22O2S. The third-order valence-electron chi connectivity index (χ3n) is 2.87. The normalized spacial score (nSPS) is 13.0. The van der Waals surface area contributed by atoms with E-state index in [0.29, 0.717) is 11.7 Å². The molecule has 0 amide bonds. The van der Waals surface area contributed by atoms with Crippen LogP contribution in [0.1, 0.15) is 33.3 Å². The molecule has 0 saturated heterocycles. The van der Waals surface area contributed by atoms with Gasteiger partial charge in [0, 0.05) is 10.1 Å². The fourth-order valence-electron chi connectivity index (χ4n) is 1.84. The Morgan fingerprint density at radius 3 is 2.11 bits per heavy atom. The zero-order chi connectivity index (χ0) is 13.7. The molecule has 0 bridgehead atoms. The lowest BCUT2D eigenvalue weighted by Crippen LogP contribution is -2.22. The van der Waals surface area contributed by atoms with Crippen LogP contribution in [0.4, 0.5) is 0 Å². The van der Waals surface area contributed by atoms with Crippen molar-refractivity contribution in [2.24, 2.45) is 11.8 Å². The Morgan fingerprint density at radius 1 is 1.17 bits per heavy atom. The summed E-state index contributed by atoms with van der Waals surface area (Å²) in [4.78, 5) is 12.4. The monoisotopic (exact) mass is 266 g/mol. The third-order valence-corrected chi connectivity index (χ3v) is 3.89. The fraction of sp³-hybridized carbons (Fsp3) is 0.533. The molecule has 3 heteroatoms. The van der Waals surface area contributed by atoms with Gasteiger partial charge in [0.25, 0.3) is 0 Å². The predicted octanol–water partition coefficient (Wildman–Crippen LogP) is 4.09. The van der Waals surface area contributed by atoms with Gasteiger partial charge in [-0.3, -0.25) is 4.79 Å². The van der Waals surface area contributed by atoms with E-state index in [9.17, 15) is 9.90 Å². The molecule has 0 saturated carbocycles. The Kier molecular flexibility index (Phi) is 5.73. The van der Waals surface area contributed by atoms with Gasteiger partial charge in [-0.25, -0.2) is 0 Å². The number of aliphatic carboxylic acids is 1. The van der Waals surface area contributed by atoms with Gasteiger partial charge in [-0.1, -0.05) is 39.8 Å². The molecule has 0 aliphatic rings. The van der Waals surface area contributed by atoms with Gasteiger partial charge in [0.1, 0.15) is 0 Å². The second kappa shape index (κ2) is 6.83. The highest BCUT2D eigenvalue weighted by Crippen LogP contribution is 2.24. The van der Waals surface area contributed by atoms with Crippen LogP contribution in [0.5, 0.6) is 0 Å². The molecule has 0 aliphatic heterocycles. The van der Waals surface area contributed by atoms with Crippen molar-refractivity contribution in [1.29, 1.82) is 0 Å². The molecule has 2 nitrogen and oxygen atoms in total. The smallest absolute Gasteiger partial charge is 0.307 e. The molecule has 0 aromatic heterocycles. The minimum atomic E-state index is -0.703. The van der Waals surface area contributed by atoms with E-state index >= 15 is 0 Å². The highest BCUT2D eigenvalue weighted by atomic mass is 32.2. The maximum atomic E-state index is 11.2. The van der Waals surface area contributed by atoms with Crippen molar-refractivity contribution in [1.82, 2.24) is 0 Å². The van der Waals surface area contributed by atoms with Crippen LogP contribution < -0.4 is 0 Å². The molecule has 1 unspecified atom stereocenters. The summed E-state index contributed by atoms with van der Waals surface area (Å²) < 4.78 is 0. The van der Waals surface area contributed by atoms with E-state index in [2.05, 4.69) is 26.0 Å². The zero-order valence-corrected chi connectivity index (χ0v) is 12.3. The lowest BCUT2D eigenvalue weighted by Gasteiger charge is -2.16. The van der Waals surface area contributed by atoms with Gasteiger partial charge >= 0.3 is 5.97 Å². The molecule has 1 atom stereocenters. The minimum Gasteiger partial charge on any atom is -0.481 e. The van der Waals surface area contributed by atoms with Crippen molar-refractivity contribution in [2.45, 2.75) is 44.3 Å². The molecule has 0 spiro atoms. The Hall–Kier alpha value is -0.960. The number of thioether (sulfide) groups is 1. The van der Waals surface area contributed by atoms with Crippen molar-refractivity contribution >= 4 is 17.7 Å². The quantitative estimate of drug-likeness (QED) is 0.788. The summed E-state index contributed by atoms with van der Waals surface area (Å²) in [6.07, 6.45) is 0.611. The first-order valence-corrected chi connectivity index (χ1v) is 7.26. The second-order valence-electron chi connectivity index (χ2n) is 5.20. The summed E-state index contributed by atoms with van der Waals surface area (Å²) in [5, 5.41) is 9.74. The molecule has 18 heavy (non-hydrogen) atoms. The summed E-state index contributed by atoms with van der Waals surface area (Å²) in [5.41, 5.74) is 1.10. The van der Waals surface area contributed by atoms with Crippen molar-refractivity contribution < 1.29 is 9.90 Å². The predicted molar refractivity (Wildman–Crippen MR) is 77.1 cm³/mol. The topological polar surface area (TPSA) is 37.3 Å². The van der Waals surface area contributed by atoms with Gasteiger partial charge in [-0.15, -0.1) is 11.8 Å². The van der Waals surface area contributed by atoms with Crippen LogP contribution in [0.15, 0.2) is 29.2 Å². The van der Waals surface area contributed by atoms with Crippen LogP contribution in [0.2, 0.25) is 0 Å². The molecule has 0 fully saturated rings. The summed E-state index contributed by atoms with van der Waals surface area (Å²) in [7, 11) is 0. The van der Waals surface area contributed by atoms with Crippen LogP contribution in [0, 0.1) is 11.8 Å². The molecule has 1 aromatic rings. The van der Waals surface area contributed by atoms with Gasteiger partial charge in [0.15, 0.2) is 0 Å². The summed E-state index contributed by atoms with van der Waals surface area (Å²) >= 11 is 1.82. The number of carbonyl (C=O) groups is 1. The van der Waals surface area contributed by atoms with E-state index in [1.54, 1.807) is 0 Å². The van der Waals surface area contributed by atoms with E-state index in [-0.39, 0.29) is 11.8 Å². The number of carboxylic acids is 1. The SMILES string of the molecule is CC(C)Sc1ccc(CC(C(=O)O)C(C)C)cc1. The average Bonchev–Trinajstić information content (AvgIpc) is 2.26. The van der Waals surface area contributed by atoms with Crippen LogP contribution in [0.3, 0.4) is 0 Å². The standard InChI is InChI=1S/C15H22O2S/c1-10(2)14(15(16)17)9-12-5-7-13(8-6-12)18-11(3)4/h5-8,10-11,14H,9H2,1-4H3,(H,16,17). The first kappa shape index (κ1) is 15.1. The molecule has 0 radical (unpaired) electrons. The molecule has 100 valence electrons. The Balaban J connectivity index is 2.70. The summed E-state index contributed by atoms with van der Waals surface area (Å²) in [6, 6.07) is 8.25. The van der Waals surface area contributed by atoms with Crippen molar-refractivity contribution in [3.05, 3.63) is 29.8 Å². The molecular weight excluding hydrogens is 244 g/mol. The molecule has 0 heterocycles. The van der Waals surface area contributed by atoms with Crippen LogP contribution in [0.25, 0.3) is 0 Å². The van der Waals surface area contributed by atoms with Crippen LogP contribution in [-0.4, -0.2) is 16.3 Å². The Labute approximate surface area is 114 Å². The minimum absolute atomic E-state index is 0.159. The van der Waals surface area contributed by atoms with Crippen molar-refractivity contribution in [3.8, 4) is 0 Å². The van der Waals surface area contributed by atoms with E-state index < -0.39 is 5.97 Å². The molecule has 1 N–H and O–H groups in total. The molecule has 0 aliphatic carbocycles. The summed E-state index contributed by atoms with van der Waals surface area (Å²) in [5.74, 6) is -0.841. The third kappa shape index (κ3) is 4.73. The van der Waals surface area contributed by atoms with Gasteiger partial charge in [0.05, 0.1) is 5.92 Å². The number of hydrogen-bond donors (Lipinski definition) is 1. The Bertz CT molecular complexity index is 382. The lowest BCUT2D eigenvalue weighted by molar-refractivity contribution is -0.143. The first-order chi connectivity index (χ1) is 8.40. The van der Waals surface area contributed by atoms with Crippen molar-refractivity contribution in [3.63, 3.8) is 0 Å². The first-order valence-electron chi connectivity index (χ1n) is 6.38.